The van der Waals surface area contributed by atoms with Crippen molar-refractivity contribution in [3.05, 3.63) is 0 Å². The zero-order valence-electron chi connectivity index (χ0n) is 12.4. The molecule has 0 aromatic rings. The van der Waals surface area contributed by atoms with Gasteiger partial charge in [-0.1, -0.05) is 40.5 Å². The van der Waals surface area contributed by atoms with Crippen molar-refractivity contribution < 1.29 is 9.90 Å². The number of nitrogens with one attached hydrogen (secondary N) is 1. The Morgan fingerprint density at radius 1 is 1.44 bits per heavy atom. The summed E-state index contributed by atoms with van der Waals surface area (Å²) >= 11 is 0. The van der Waals surface area contributed by atoms with E-state index in [2.05, 4.69) is 33.0 Å². The summed E-state index contributed by atoms with van der Waals surface area (Å²) in [6.45, 7) is 9.00. The van der Waals surface area contributed by atoms with Crippen molar-refractivity contribution in [1.82, 2.24) is 5.32 Å². The van der Waals surface area contributed by atoms with Crippen LogP contribution in [0.3, 0.4) is 0 Å². The van der Waals surface area contributed by atoms with Crippen LogP contribution in [0.1, 0.15) is 66.2 Å². The normalized spacial score (nSPS) is 29.1. The van der Waals surface area contributed by atoms with Crippen LogP contribution in [0, 0.1) is 11.3 Å². The molecule has 1 aliphatic carbocycles. The van der Waals surface area contributed by atoms with E-state index in [9.17, 15) is 9.90 Å². The second-order valence-corrected chi connectivity index (χ2v) is 7.26. The Bertz CT molecular complexity index is 283. The summed E-state index contributed by atoms with van der Waals surface area (Å²) in [5.74, 6) is 0.631. The smallest absolute Gasteiger partial charge is 0.220 e. The quantitative estimate of drug-likeness (QED) is 0.811. The molecule has 106 valence electrons. The molecule has 0 heterocycles. The molecule has 0 bridgehead atoms. The average Bonchev–Trinajstić information content (AvgIpc) is 2.22. The molecule has 2 atom stereocenters. The maximum atomic E-state index is 11.7. The van der Waals surface area contributed by atoms with Crippen LogP contribution in [-0.2, 0) is 4.79 Å². The van der Waals surface area contributed by atoms with Gasteiger partial charge in [0, 0.05) is 13.0 Å². The van der Waals surface area contributed by atoms with E-state index in [1.807, 2.05) is 0 Å². The van der Waals surface area contributed by atoms with E-state index in [-0.39, 0.29) is 11.3 Å². The van der Waals surface area contributed by atoms with Gasteiger partial charge in [0.05, 0.1) is 5.60 Å². The molecule has 0 spiro atoms. The van der Waals surface area contributed by atoms with Gasteiger partial charge in [0.15, 0.2) is 0 Å². The van der Waals surface area contributed by atoms with Crippen molar-refractivity contribution in [2.45, 2.75) is 71.8 Å². The maximum Gasteiger partial charge on any atom is 0.220 e. The Morgan fingerprint density at radius 2 is 2.11 bits per heavy atom. The number of amides is 1. The monoisotopic (exact) mass is 255 g/mol. The third-order valence-corrected chi connectivity index (χ3v) is 3.78. The van der Waals surface area contributed by atoms with Gasteiger partial charge in [-0.2, -0.15) is 0 Å². The molecule has 2 unspecified atom stereocenters. The lowest BCUT2D eigenvalue weighted by atomic mass is 9.79. The largest absolute Gasteiger partial charge is 0.388 e. The van der Waals surface area contributed by atoms with Gasteiger partial charge in [-0.25, -0.2) is 0 Å². The SMILES string of the molecule is CC1CCCC(O)(CNC(=O)CCC(C)(C)C)C1. The summed E-state index contributed by atoms with van der Waals surface area (Å²) < 4.78 is 0. The average molecular weight is 255 g/mol. The highest BCUT2D eigenvalue weighted by Crippen LogP contribution is 2.31. The van der Waals surface area contributed by atoms with Crippen molar-refractivity contribution in [1.29, 1.82) is 0 Å². The molecule has 1 amide bonds. The van der Waals surface area contributed by atoms with Crippen LogP contribution in [0.2, 0.25) is 0 Å². The highest BCUT2D eigenvalue weighted by molar-refractivity contribution is 5.75. The number of hydrogen-bond acceptors (Lipinski definition) is 2. The highest BCUT2D eigenvalue weighted by atomic mass is 16.3. The molecule has 0 radical (unpaired) electrons. The van der Waals surface area contributed by atoms with Crippen molar-refractivity contribution in [3.63, 3.8) is 0 Å². The molecule has 3 nitrogen and oxygen atoms in total. The lowest BCUT2D eigenvalue weighted by molar-refractivity contribution is -0.123. The van der Waals surface area contributed by atoms with Gasteiger partial charge in [0.25, 0.3) is 0 Å². The van der Waals surface area contributed by atoms with Crippen LogP contribution >= 0.6 is 0 Å². The molecule has 1 rings (SSSR count). The standard InChI is InChI=1S/C15H29NO2/c1-12-6-5-8-15(18,10-12)11-16-13(17)7-9-14(2,3)4/h12,18H,5-11H2,1-4H3,(H,16,17). The van der Waals surface area contributed by atoms with Crippen LogP contribution in [-0.4, -0.2) is 23.2 Å². The molecule has 18 heavy (non-hydrogen) atoms. The molecule has 1 aliphatic rings. The van der Waals surface area contributed by atoms with Crippen LogP contribution in [0.4, 0.5) is 0 Å². The summed E-state index contributed by atoms with van der Waals surface area (Å²) in [5, 5.41) is 13.3. The molecule has 0 aliphatic heterocycles. The van der Waals surface area contributed by atoms with Gasteiger partial charge >= 0.3 is 0 Å². The van der Waals surface area contributed by atoms with E-state index >= 15 is 0 Å². The first-order chi connectivity index (χ1) is 8.20. The zero-order valence-corrected chi connectivity index (χ0v) is 12.4. The lowest BCUT2D eigenvalue weighted by Gasteiger charge is -2.35. The molecule has 2 N–H and O–H groups in total. The molecule has 0 saturated heterocycles. The second kappa shape index (κ2) is 6.05. The maximum absolute atomic E-state index is 11.7. The minimum Gasteiger partial charge on any atom is -0.388 e. The molecule has 0 aromatic heterocycles. The first-order valence-corrected chi connectivity index (χ1v) is 7.19. The van der Waals surface area contributed by atoms with Gasteiger partial charge in [-0.3, -0.25) is 4.79 Å². The van der Waals surface area contributed by atoms with Crippen molar-refractivity contribution >= 4 is 5.91 Å². The Balaban J connectivity index is 2.29. The topological polar surface area (TPSA) is 49.3 Å². The van der Waals surface area contributed by atoms with E-state index in [4.69, 9.17) is 0 Å². The number of carbonyl (C=O) groups is 1. The number of carbonyl (C=O) groups excluding carboxylic acids is 1. The van der Waals surface area contributed by atoms with Crippen molar-refractivity contribution in [2.24, 2.45) is 11.3 Å². The third-order valence-electron chi connectivity index (χ3n) is 3.78. The van der Waals surface area contributed by atoms with Crippen LogP contribution in [0.5, 0.6) is 0 Å². The lowest BCUT2D eigenvalue weighted by Crippen LogP contribution is -2.45. The summed E-state index contributed by atoms with van der Waals surface area (Å²) in [6, 6.07) is 0. The molecule has 1 fully saturated rings. The van der Waals surface area contributed by atoms with Gasteiger partial charge < -0.3 is 10.4 Å². The van der Waals surface area contributed by atoms with Gasteiger partial charge in [0.2, 0.25) is 5.91 Å². The summed E-state index contributed by atoms with van der Waals surface area (Å²) in [7, 11) is 0. The highest BCUT2D eigenvalue weighted by Gasteiger charge is 2.32. The zero-order chi connectivity index (χ0) is 13.8. The predicted molar refractivity (Wildman–Crippen MR) is 74.3 cm³/mol. The van der Waals surface area contributed by atoms with Gasteiger partial charge in [-0.15, -0.1) is 0 Å². The van der Waals surface area contributed by atoms with E-state index in [0.29, 0.717) is 18.9 Å². The van der Waals surface area contributed by atoms with E-state index in [1.165, 1.54) is 6.42 Å². The number of rotatable bonds is 4. The fourth-order valence-corrected chi connectivity index (χ4v) is 2.63. The molecule has 0 aromatic carbocycles. The van der Waals surface area contributed by atoms with E-state index in [0.717, 1.165) is 25.7 Å². The summed E-state index contributed by atoms with van der Waals surface area (Å²) in [4.78, 5) is 11.7. The molecular formula is C15H29NO2. The first kappa shape index (κ1) is 15.5. The Morgan fingerprint density at radius 3 is 2.67 bits per heavy atom. The summed E-state index contributed by atoms with van der Waals surface area (Å²) in [5.41, 5.74) is -0.483. The number of hydrogen-bond donors (Lipinski definition) is 2. The fraction of sp³-hybridized carbons (Fsp3) is 0.933. The fourth-order valence-electron chi connectivity index (χ4n) is 2.63. The Kier molecular flexibility index (Phi) is 5.20. The van der Waals surface area contributed by atoms with E-state index in [1.54, 1.807) is 0 Å². The Labute approximate surface area is 111 Å². The second-order valence-electron chi connectivity index (χ2n) is 7.26. The number of aliphatic hydroxyl groups is 1. The predicted octanol–water partition coefficient (Wildman–Crippen LogP) is 2.87. The van der Waals surface area contributed by atoms with Crippen molar-refractivity contribution in [2.75, 3.05) is 6.54 Å². The minimum atomic E-state index is -0.672. The van der Waals surface area contributed by atoms with Gasteiger partial charge in [-0.05, 0) is 30.6 Å². The minimum absolute atomic E-state index is 0.0663. The molecule has 1 saturated carbocycles. The summed E-state index contributed by atoms with van der Waals surface area (Å²) in [6.07, 6.45) is 5.32. The Hall–Kier alpha value is -0.570. The molecular weight excluding hydrogens is 226 g/mol. The van der Waals surface area contributed by atoms with Crippen LogP contribution in [0.25, 0.3) is 0 Å². The van der Waals surface area contributed by atoms with Crippen molar-refractivity contribution in [3.8, 4) is 0 Å². The van der Waals surface area contributed by atoms with Gasteiger partial charge in [0.1, 0.15) is 0 Å². The van der Waals surface area contributed by atoms with Crippen LogP contribution < -0.4 is 5.32 Å². The third kappa shape index (κ3) is 5.85. The van der Waals surface area contributed by atoms with Crippen LogP contribution in [0.15, 0.2) is 0 Å². The first-order valence-electron chi connectivity index (χ1n) is 7.19. The molecule has 3 heteroatoms. The van der Waals surface area contributed by atoms with E-state index < -0.39 is 5.60 Å².